The van der Waals surface area contributed by atoms with Crippen LogP contribution in [0, 0.1) is 6.92 Å². The van der Waals surface area contributed by atoms with Crippen LogP contribution in [0.15, 0.2) is 72.4 Å². The molecule has 0 fully saturated rings. The summed E-state index contributed by atoms with van der Waals surface area (Å²) in [5.74, 6) is 0. The van der Waals surface area contributed by atoms with Gasteiger partial charge in [-0.2, -0.15) is 4.57 Å². The van der Waals surface area contributed by atoms with Gasteiger partial charge in [0.2, 0.25) is 5.52 Å². The van der Waals surface area contributed by atoms with E-state index in [0.29, 0.717) is 0 Å². The maximum Gasteiger partial charge on any atom is 0.262 e. The highest BCUT2D eigenvalue weighted by molar-refractivity contribution is 7.19. The van der Waals surface area contributed by atoms with Crippen LogP contribution in [0.25, 0.3) is 27.1 Å². The van der Waals surface area contributed by atoms with E-state index in [1.54, 1.807) is 0 Å². The molecule has 4 aromatic rings. The SMILES string of the molecule is CCCCN1C(=CC=Cc2sc3c4ccccc4ccc3[n+]2CCCC)C(C)(C)c2cc(C)ccc21. The number of unbranched alkanes of at least 4 members (excludes halogenated alkanes) is 2. The summed E-state index contributed by atoms with van der Waals surface area (Å²) in [4.78, 5) is 2.56. The van der Waals surface area contributed by atoms with Gasteiger partial charge in [0.25, 0.3) is 5.01 Å². The number of aromatic nitrogens is 1. The van der Waals surface area contributed by atoms with Gasteiger partial charge < -0.3 is 4.90 Å². The van der Waals surface area contributed by atoms with Gasteiger partial charge in [-0.05, 0) is 42.5 Å². The predicted molar refractivity (Wildman–Crippen MR) is 158 cm³/mol. The van der Waals surface area contributed by atoms with Crippen molar-refractivity contribution in [1.29, 1.82) is 0 Å². The number of thiazole rings is 1. The average Bonchev–Trinajstić information content (AvgIpc) is 3.33. The lowest BCUT2D eigenvalue weighted by atomic mass is 9.83. The highest BCUT2D eigenvalue weighted by Gasteiger charge is 2.39. The first-order chi connectivity index (χ1) is 17.5. The van der Waals surface area contributed by atoms with Crippen molar-refractivity contribution >= 4 is 44.1 Å². The van der Waals surface area contributed by atoms with Gasteiger partial charge in [0.15, 0.2) is 6.54 Å². The highest BCUT2D eigenvalue weighted by Crippen LogP contribution is 2.48. The van der Waals surface area contributed by atoms with Crippen molar-refractivity contribution in [3.05, 3.63) is 88.6 Å². The molecule has 36 heavy (non-hydrogen) atoms. The quantitative estimate of drug-likeness (QED) is 0.221. The first kappa shape index (κ1) is 24.8. The third kappa shape index (κ3) is 4.39. The van der Waals surface area contributed by atoms with E-state index < -0.39 is 0 Å². The van der Waals surface area contributed by atoms with Gasteiger partial charge in [0.1, 0.15) is 4.70 Å². The van der Waals surface area contributed by atoms with Gasteiger partial charge in [0.05, 0.1) is 0 Å². The fraction of sp³-hybridized carbons (Fsp3) is 0.364. The van der Waals surface area contributed by atoms with Crippen LogP contribution in [0.2, 0.25) is 0 Å². The Bertz CT molecular complexity index is 1450. The lowest BCUT2D eigenvalue weighted by Gasteiger charge is -2.27. The number of hydrogen-bond acceptors (Lipinski definition) is 2. The number of hydrogen-bond donors (Lipinski definition) is 0. The first-order valence-corrected chi connectivity index (χ1v) is 14.4. The third-order valence-electron chi connectivity index (χ3n) is 7.63. The summed E-state index contributed by atoms with van der Waals surface area (Å²) >= 11 is 1.92. The van der Waals surface area contributed by atoms with Gasteiger partial charge in [0, 0.05) is 47.3 Å². The fourth-order valence-electron chi connectivity index (χ4n) is 5.57. The van der Waals surface area contributed by atoms with E-state index in [-0.39, 0.29) is 5.41 Å². The molecule has 1 aliphatic rings. The molecule has 0 N–H and O–H groups in total. The molecule has 0 amide bonds. The summed E-state index contributed by atoms with van der Waals surface area (Å²) in [5, 5.41) is 4.01. The Morgan fingerprint density at radius 2 is 1.78 bits per heavy atom. The van der Waals surface area contributed by atoms with Crippen LogP contribution < -0.4 is 9.47 Å². The van der Waals surface area contributed by atoms with E-state index in [2.05, 4.69) is 117 Å². The van der Waals surface area contributed by atoms with E-state index in [1.165, 1.54) is 74.2 Å². The Morgan fingerprint density at radius 3 is 2.58 bits per heavy atom. The molecule has 2 heterocycles. The monoisotopic (exact) mass is 495 g/mol. The minimum Gasteiger partial charge on any atom is -0.344 e. The second-order valence-electron chi connectivity index (χ2n) is 10.6. The van der Waals surface area contributed by atoms with Crippen molar-refractivity contribution in [3.63, 3.8) is 0 Å². The van der Waals surface area contributed by atoms with Gasteiger partial charge in [-0.25, -0.2) is 0 Å². The second-order valence-corrected chi connectivity index (χ2v) is 11.7. The molecule has 0 atom stereocenters. The molecule has 1 aliphatic heterocycles. The van der Waals surface area contributed by atoms with Gasteiger partial charge in [-0.1, -0.05) is 99.9 Å². The molecule has 0 aliphatic carbocycles. The zero-order valence-corrected chi connectivity index (χ0v) is 23.3. The average molecular weight is 496 g/mol. The van der Waals surface area contributed by atoms with Crippen molar-refractivity contribution < 1.29 is 4.57 Å². The summed E-state index contributed by atoms with van der Waals surface area (Å²) in [6.45, 7) is 13.6. The van der Waals surface area contributed by atoms with Crippen molar-refractivity contribution in [2.75, 3.05) is 11.4 Å². The Morgan fingerprint density at radius 1 is 0.972 bits per heavy atom. The molecule has 0 saturated carbocycles. The van der Waals surface area contributed by atoms with Crippen LogP contribution in [-0.2, 0) is 12.0 Å². The lowest BCUT2D eigenvalue weighted by molar-refractivity contribution is -0.669. The molecule has 1 aromatic heterocycles. The zero-order chi connectivity index (χ0) is 25.3. The predicted octanol–water partition coefficient (Wildman–Crippen LogP) is 8.95. The van der Waals surface area contributed by atoms with Crippen LogP contribution >= 0.6 is 11.3 Å². The normalized spacial score (nSPS) is 16.1. The smallest absolute Gasteiger partial charge is 0.262 e. The Balaban J connectivity index is 1.57. The lowest BCUT2D eigenvalue weighted by Crippen LogP contribution is -2.34. The number of allylic oxidation sites excluding steroid dienone is 3. The zero-order valence-electron chi connectivity index (χ0n) is 22.5. The van der Waals surface area contributed by atoms with Crippen LogP contribution in [0.1, 0.15) is 69.5 Å². The number of rotatable bonds is 8. The van der Waals surface area contributed by atoms with E-state index in [1.807, 2.05) is 11.3 Å². The van der Waals surface area contributed by atoms with Gasteiger partial charge in [-0.15, -0.1) is 0 Å². The molecule has 186 valence electrons. The first-order valence-electron chi connectivity index (χ1n) is 13.6. The summed E-state index contributed by atoms with van der Waals surface area (Å²) in [5.41, 5.74) is 6.92. The summed E-state index contributed by atoms with van der Waals surface area (Å²) < 4.78 is 3.92. The maximum absolute atomic E-state index is 2.56. The highest BCUT2D eigenvalue weighted by atomic mass is 32.1. The van der Waals surface area contributed by atoms with Crippen molar-refractivity contribution in [1.82, 2.24) is 0 Å². The molecular formula is C33H39N2S+. The van der Waals surface area contributed by atoms with Crippen LogP contribution in [0.3, 0.4) is 0 Å². The Hall–Kier alpha value is -2.91. The second kappa shape index (κ2) is 10.2. The van der Waals surface area contributed by atoms with E-state index >= 15 is 0 Å². The van der Waals surface area contributed by atoms with E-state index in [0.717, 1.165) is 13.1 Å². The van der Waals surface area contributed by atoms with Crippen LogP contribution in [0.5, 0.6) is 0 Å². The van der Waals surface area contributed by atoms with Crippen LogP contribution in [0.4, 0.5) is 5.69 Å². The standard InChI is InChI=1S/C33H39N2S/c1-6-8-21-34-28-19-17-24(3)23-27(28)33(4,5)30(34)15-12-16-31-35(22-9-7-2)29-20-18-25-13-10-11-14-26(25)32(29)36-31/h10-20,23H,6-9,21-22H2,1-5H3/q+1. The number of aryl methyl sites for hydroxylation is 2. The maximum atomic E-state index is 2.56. The molecule has 0 saturated heterocycles. The van der Waals surface area contributed by atoms with E-state index in [9.17, 15) is 0 Å². The molecule has 0 unspecified atom stereocenters. The van der Waals surface area contributed by atoms with Crippen molar-refractivity contribution in [2.45, 2.75) is 72.3 Å². The molecule has 0 spiro atoms. The van der Waals surface area contributed by atoms with Crippen molar-refractivity contribution in [3.8, 4) is 0 Å². The molecule has 5 rings (SSSR count). The Kier molecular flexibility index (Phi) is 7.03. The van der Waals surface area contributed by atoms with Gasteiger partial charge in [-0.3, -0.25) is 0 Å². The summed E-state index contributed by atoms with van der Waals surface area (Å²) in [7, 11) is 0. The number of anilines is 1. The minimum absolute atomic E-state index is 0.00597. The fourth-order valence-corrected chi connectivity index (χ4v) is 6.80. The molecule has 0 bridgehead atoms. The number of fused-ring (bicyclic) bond motifs is 4. The minimum atomic E-state index is -0.00597. The van der Waals surface area contributed by atoms with E-state index in [4.69, 9.17) is 0 Å². The van der Waals surface area contributed by atoms with Gasteiger partial charge >= 0.3 is 0 Å². The van der Waals surface area contributed by atoms with Crippen LogP contribution in [-0.4, -0.2) is 6.54 Å². The number of nitrogens with zero attached hydrogens (tertiary/aromatic N) is 2. The molecule has 2 nitrogen and oxygen atoms in total. The largest absolute Gasteiger partial charge is 0.344 e. The molecule has 0 radical (unpaired) electrons. The number of benzene rings is 3. The molecular weight excluding hydrogens is 456 g/mol. The summed E-state index contributed by atoms with van der Waals surface area (Å²) in [6, 6.07) is 20.3. The Labute approximate surface area is 220 Å². The topological polar surface area (TPSA) is 7.12 Å². The summed E-state index contributed by atoms with van der Waals surface area (Å²) in [6.07, 6.45) is 11.8. The van der Waals surface area contributed by atoms with Crippen molar-refractivity contribution in [2.24, 2.45) is 0 Å². The molecule has 3 aromatic carbocycles. The third-order valence-corrected chi connectivity index (χ3v) is 8.83. The molecule has 3 heteroatoms.